The predicted octanol–water partition coefficient (Wildman–Crippen LogP) is 3.12. The molecule has 1 aromatic rings. The van der Waals surface area contributed by atoms with Gasteiger partial charge in [0.1, 0.15) is 0 Å². The molecular weight excluding hydrogens is 196 g/mol. The zero-order chi connectivity index (χ0) is 11.7. The highest BCUT2D eigenvalue weighted by Crippen LogP contribution is 2.28. The molecule has 0 aliphatic carbocycles. The molecule has 2 rings (SSSR count). The van der Waals surface area contributed by atoms with Gasteiger partial charge in [0.25, 0.3) is 0 Å². The zero-order valence-corrected chi connectivity index (χ0v) is 10.6. The van der Waals surface area contributed by atoms with Crippen molar-refractivity contribution in [3.8, 4) is 0 Å². The van der Waals surface area contributed by atoms with Crippen molar-refractivity contribution in [3.63, 3.8) is 0 Å². The molecule has 88 valence electrons. The van der Waals surface area contributed by atoms with Gasteiger partial charge >= 0.3 is 0 Å². The van der Waals surface area contributed by atoms with Crippen LogP contribution in [0.15, 0.2) is 12.1 Å². The van der Waals surface area contributed by atoms with E-state index in [0.717, 1.165) is 11.6 Å². The summed E-state index contributed by atoms with van der Waals surface area (Å²) in [7, 11) is 0. The second kappa shape index (κ2) is 4.36. The molecule has 1 aromatic carbocycles. The Hall–Kier alpha value is -1.18. The van der Waals surface area contributed by atoms with Crippen molar-refractivity contribution >= 4 is 11.4 Å². The van der Waals surface area contributed by atoms with E-state index in [4.69, 9.17) is 5.73 Å². The fraction of sp³-hybridized carbons (Fsp3) is 0.571. The van der Waals surface area contributed by atoms with Crippen LogP contribution in [0.3, 0.4) is 0 Å². The normalized spacial score (nSPS) is 21.2. The molecule has 0 amide bonds. The van der Waals surface area contributed by atoms with E-state index in [9.17, 15) is 0 Å². The van der Waals surface area contributed by atoms with Crippen LogP contribution in [0.25, 0.3) is 0 Å². The molecule has 1 aliphatic heterocycles. The number of nitrogens with two attached hydrogens (primary N) is 1. The van der Waals surface area contributed by atoms with Gasteiger partial charge < -0.3 is 10.6 Å². The summed E-state index contributed by atoms with van der Waals surface area (Å²) in [4.78, 5) is 2.49. The molecule has 1 saturated heterocycles. The van der Waals surface area contributed by atoms with E-state index in [2.05, 4.69) is 37.8 Å². The number of anilines is 2. The molecule has 1 atom stereocenters. The Morgan fingerprint density at radius 1 is 1.25 bits per heavy atom. The van der Waals surface area contributed by atoms with Crippen LogP contribution in [-0.4, -0.2) is 13.1 Å². The highest BCUT2D eigenvalue weighted by atomic mass is 15.1. The van der Waals surface area contributed by atoms with Crippen molar-refractivity contribution in [1.82, 2.24) is 0 Å². The molecule has 16 heavy (non-hydrogen) atoms. The van der Waals surface area contributed by atoms with Gasteiger partial charge in [-0.05, 0) is 55.9 Å². The maximum atomic E-state index is 5.99. The van der Waals surface area contributed by atoms with E-state index in [1.54, 1.807) is 0 Å². The smallest absolute Gasteiger partial charge is 0.0374 e. The molecule has 0 aromatic heterocycles. The Labute approximate surface area is 98.4 Å². The third-order valence-corrected chi connectivity index (χ3v) is 3.60. The summed E-state index contributed by atoms with van der Waals surface area (Å²) in [6, 6.07) is 4.45. The Morgan fingerprint density at radius 2 is 1.88 bits per heavy atom. The average molecular weight is 218 g/mol. The Bertz CT molecular complexity index is 361. The van der Waals surface area contributed by atoms with E-state index < -0.39 is 0 Å². The molecule has 2 heteroatoms. The summed E-state index contributed by atoms with van der Waals surface area (Å²) in [6.45, 7) is 8.90. The first kappa shape index (κ1) is 11.3. The Kier molecular flexibility index (Phi) is 3.08. The quantitative estimate of drug-likeness (QED) is 0.734. The lowest BCUT2D eigenvalue weighted by atomic mass is 9.98. The maximum absolute atomic E-state index is 5.99. The number of hydrogen-bond donors (Lipinski definition) is 1. The minimum Gasteiger partial charge on any atom is -0.398 e. The fourth-order valence-electron chi connectivity index (χ4n) is 2.56. The highest BCUT2D eigenvalue weighted by Gasteiger charge is 2.17. The molecule has 0 unspecified atom stereocenters. The van der Waals surface area contributed by atoms with Gasteiger partial charge in [0.2, 0.25) is 0 Å². The number of rotatable bonds is 1. The lowest BCUT2D eigenvalue weighted by Gasteiger charge is -2.33. The molecule has 1 fully saturated rings. The second-order valence-corrected chi connectivity index (χ2v) is 5.19. The van der Waals surface area contributed by atoms with Gasteiger partial charge in [0.05, 0.1) is 0 Å². The second-order valence-electron chi connectivity index (χ2n) is 5.19. The first-order chi connectivity index (χ1) is 7.58. The van der Waals surface area contributed by atoms with Gasteiger partial charge in [-0.2, -0.15) is 0 Å². The summed E-state index contributed by atoms with van der Waals surface area (Å²) < 4.78 is 0. The molecule has 2 nitrogen and oxygen atoms in total. The zero-order valence-electron chi connectivity index (χ0n) is 10.6. The summed E-state index contributed by atoms with van der Waals surface area (Å²) in [5.74, 6) is 0.812. The van der Waals surface area contributed by atoms with Crippen molar-refractivity contribution < 1.29 is 0 Å². The van der Waals surface area contributed by atoms with Crippen molar-refractivity contribution in [3.05, 3.63) is 23.3 Å². The van der Waals surface area contributed by atoms with Gasteiger partial charge in [-0.1, -0.05) is 6.92 Å². The fourth-order valence-corrected chi connectivity index (χ4v) is 2.56. The first-order valence-electron chi connectivity index (χ1n) is 6.19. The van der Waals surface area contributed by atoms with Crippen molar-refractivity contribution in [1.29, 1.82) is 0 Å². The Balaban J connectivity index is 2.26. The molecule has 0 bridgehead atoms. The van der Waals surface area contributed by atoms with Crippen LogP contribution in [-0.2, 0) is 0 Å². The first-order valence-corrected chi connectivity index (χ1v) is 6.19. The standard InChI is InChI=1S/C14H22N2/c1-10-5-4-6-16(9-10)13-7-11(2)14(15)12(3)8-13/h7-8,10H,4-6,9,15H2,1-3H3/t10-/m0/s1. The molecule has 1 aliphatic rings. The Morgan fingerprint density at radius 3 is 2.44 bits per heavy atom. The number of piperidine rings is 1. The number of nitrogens with zero attached hydrogens (tertiary/aromatic N) is 1. The van der Waals surface area contributed by atoms with Gasteiger partial charge in [0.15, 0.2) is 0 Å². The minimum absolute atomic E-state index is 0.812. The summed E-state index contributed by atoms with van der Waals surface area (Å²) in [6.07, 6.45) is 2.67. The molecule has 0 radical (unpaired) electrons. The molecular formula is C14H22N2. The van der Waals surface area contributed by atoms with Crippen LogP contribution in [0.1, 0.15) is 30.9 Å². The molecule has 1 heterocycles. The predicted molar refractivity (Wildman–Crippen MR) is 70.9 cm³/mol. The monoisotopic (exact) mass is 218 g/mol. The number of aryl methyl sites for hydroxylation is 2. The van der Waals surface area contributed by atoms with Gasteiger partial charge in [-0.3, -0.25) is 0 Å². The average Bonchev–Trinajstić information content (AvgIpc) is 2.25. The molecule has 0 spiro atoms. The van der Waals surface area contributed by atoms with E-state index in [1.807, 2.05) is 0 Å². The van der Waals surface area contributed by atoms with E-state index in [0.29, 0.717) is 0 Å². The van der Waals surface area contributed by atoms with Crippen LogP contribution >= 0.6 is 0 Å². The summed E-state index contributed by atoms with van der Waals surface area (Å²) >= 11 is 0. The van der Waals surface area contributed by atoms with Crippen LogP contribution in [0, 0.1) is 19.8 Å². The highest BCUT2D eigenvalue weighted by molar-refractivity contribution is 5.62. The number of benzene rings is 1. The molecule has 0 saturated carbocycles. The van der Waals surface area contributed by atoms with Gasteiger partial charge in [-0.15, -0.1) is 0 Å². The summed E-state index contributed by atoms with van der Waals surface area (Å²) in [5, 5.41) is 0. The van der Waals surface area contributed by atoms with E-state index >= 15 is 0 Å². The van der Waals surface area contributed by atoms with Crippen LogP contribution in [0.5, 0.6) is 0 Å². The minimum atomic E-state index is 0.812. The topological polar surface area (TPSA) is 29.3 Å². The molecule has 2 N–H and O–H groups in total. The number of nitrogen functional groups attached to an aromatic ring is 1. The van der Waals surface area contributed by atoms with Crippen molar-refractivity contribution in [2.45, 2.75) is 33.6 Å². The third kappa shape index (κ3) is 2.16. The third-order valence-electron chi connectivity index (χ3n) is 3.60. The van der Waals surface area contributed by atoms with Gasteiger partial charge in [-0.25, -0.2) is 0 Å². The largest absolute Gasteiger partial charge is 0.398 e. The van der Waals surface area contributed by atoms with E-state index in [1.165, 1.54) is 42.7 Å². The van der Waals surface area contributed by atoms with Crippen LogP contribution < -0.4 is 10.6 Å². The van der Waals surface area contributed by atoms with E-state index in [-0.39, 0.29) is 0 Å². The summed E-state index contributed by atoms with van der Waals surface area (Å²) in [5.41, 5.74) is 10.7. The van der Waals surface area contributed by atoms with Crippen LogP contribution in [0.4, 0.5) is 11.4 Å². The van der Waals surface area contributed by atoms with Crippen molar-refractivity contribution in [2.24, 2.45) is 5.92 Å². The lowest BCUT2D eigenvalue weighted by molar-refractivity contribution is 0.447. The maximum Gasteiger partial charge on any atom is 0.0374 e. The SMILES string of the molecule is Cc1cc(N2CCC[C@H](C)C2)cc(C)c1N. The lowest BCUT2D eigenvalue weighted by Crippen LogP contribution is -2.34. The van der Waals surface area contributed by atoms with Gasteiger partial charge in [0, 0.05) is 24.5 Å². The van der Waals surface area contributed by atoms with Crippen molar-refractivity contribution in [2.75, 3.05) is 23.7 Å². The number of hydrogen-bond acceptors (Lipinski definition) is 2. The van der Waals surface area contributed by atoms with Crippen LogP contribution in [0.2, 0.25) is 0 Å².